The van der Waals surface area contributed by atoms with Gasteiger partial charge in [0, 0.05) is 6.54 Å². The van der Waals surface area contributed by atoms with Crippen LogP contribution in [-0.2, 0) is 9.53 Å². The van der Waals surface area contributed by atoms with Gasteiger partial charge in [0.25, 0.3) is 5.91 Å². The lowest BCUT2D eigenvalue weighted by Crippen LogP contribution is -2.27. The molecule has 1 aliphatic heterocycles. The Balaban J connectivity index is 1.49. The molecule has 1 heterocycles. The summed E-state index contributed by atoms with van der Waals surface area (Å²) < 4.78 is 23.5. The molecule has 1 fully saturated rings. The van der Waals surface area contributed by atoms with Gasteiger partial charge in [0.2, 0.25) is 0 Å². The van der Waals surface area contributed by atoms with Gasteiger partial charge in [0.15, 0.2) is 11.5 Å². The van der Waals surface area contributed by atoms with Gasteiger partial charge in [-0.25, -0.2) is 0 Å². The quantitative estimate of drug-likeness (QED) is 0.150. The topological polar surface area (TPSA) is 57.2 Å². The van der Waals surface area contributed by atoms with Crippen molar-refractivity contribution in [3.63, 3.8) is 0 Å². The van der Waals surface area contributed by atoms with E-state index in [0.29, 0.717) is 60.3 Å². The molecular weight excluding hydrogens is 482 g/mol. The third-order valence-corrected chi connectivity index (χ3v) is 6.59. The van der Waals surface area contributed by atoms with E-state index in [0.717, 1.165) is 11.3 Å². The van der Waals surface area contributed by atoms with E-state index in [-0.39, 0.29) is 5.91 Å². The Morgan fingerprint density at radius 3 is 2.46 bits per heavy atom. The molecule has 0 atom stereocenters. The van der Waals surface area contributed by atoms with E-state index in [1.807, 2.05) is 49.4 Å². The van der Waals surface area contributed by atoms with Gasteiger partial charge in [-0.15, -0.1) is 6.58 Å². The summed E-state index contributed by atoms with van der Waals surface area (Å²) >= 11 is 6.59. The van der Waals surface area contributed by atoms with Gasteiger partial charge in [0.1, 0.15) is 23.3 Å². The summed E-state index contributed by atoms with van der Waals surface area (Å²) in [6.07, 6.45) is 3.47. The number of benzene rings is 2. The van der Waals surface area contributed by atoms with E-state index in [9.17, 15) is 4.79 Å². The Morgan fingerprint density at radius 2 is 1.74 bits per heavy atom. The van der Waals surface area contributed by atoms with Gasteiger partial charge in [0.05, 0.1) is 24.7 Å². The first-order valence-electron chi connectivity index (χ1n) is 11.5. The van der Waals surface area contributed by atoms with Crippen LogP contribution in [0.25, 0.3) is 6.08 Å². The minimum absolute atomic E-state index is 0.114. The molecule has 0 saturated carbocycles. The highest BCUT2D eigenvalue weighted by Gasteiger charge is 2.31. The summed E-state index contributed by atoms with van der Waals surface area (Å²) in [6.45, 7) is 12.4. The Hall–Kier alpha value is -2.81. The van der Waals surface area contributed by atoms with Gasteiger partial charge in [-0.3, -0.25) is 9.69 Å². The highest BCUT2D eigenvalue weighted by molar-refractivity contribution is 8.26. The normalized spacial score (nSPS) is 14.5. The number of rotatable bonds is 13. The predicted molar refractivity (Wildman–Crippen MR) is 145 cm³/mol. The standard InChI is InChI=1S/C27H31NO5S2/c1-5-11-28-26(29)25(35-27(28)34)18-21-8-10-23(24(17-21)31-6-2)33-15-13-30-12-14-32-22-9-7-19(3)20(4)16-22/h5,7-10,16-18H,1,6,11-15H2,2-4H3. The van der Waals surface area contributed by atoms with E-state index < -0.39 is 0 Å². The lowest BCUT2D eigenvalue weighted by Gasteiger charge is -2.13. The zero-order valence-corrected chi connectivity index (χ0v) is 22.0. The summed E-state index contributed by atoms with van der Waals surface area (Å²) in [5, 5.41) is 0. The third-order valence-electron chi connectivity index (χ3n) is 5.21. The fourth-order valence-electron chi connectivity index (χ4n) is 3.27. The van der Waals surface area contributed by atoms with E-state index in [1.165, 1.54) is 27.8 Å². The molecule has 1 amide bonds. The fourth-order valence-corrected chi connectivity index (χ4v) is 4.55. The summed E-state index contributed by atoms with van der Waals surface area (Å²) in [7, 11) is 0. The zero-order valence-electron chi connectivity index (χ0n) is 20.4. The van der Waals surface area contributed by atoms with Crippen molar-refractivity contribution in [2.75, 3.05) is 39.6 Å². The van der Waals surface area contributed by atoms with Gasteiger partial charge in [-0.2, -0.15) is 0 Å². The lowest BCUT2D eigenvalue weighted by atomic mass is 10.1. The number of thiocarbonyl (C=S) groups is 1. The van der Waals surface area contributed by atoms with E-state index in [1.54, 1.807) is 6.08 Å². The summed E-state index contributed by atoms with van der Waals surface area (Å²) in [6, 6.07) is 11.6. The maximum atomic E-state index is 12.6. The number of nitrogens with zero attached hydrogens (tertiary/aromatic N) is 1. The van der Waals surface area contributed by atoms with Gasteiger partial charge in [-0.05, 0) is 67.8 Å². The van der Waals surface area contributed by atoms with Crippen LogP contribution in [0.1, 0.15) is 23.6 Å². The van der Waals surface area contributed by atoms with Gasteiger partial charge >= 0.3 is 0 Å². The number of amides is 1. The summed E-state index contributed by atoms with van der Waals surface area (Å²) in [5.41, 5.74) is 3.28. The number of carbonyl (C=O) groups excluding carboxylic acids is 1. The zero-order chi connectivity index (χ0) is 25.2. The minimum atomic E-state index is -0.114. The molecule has 0 aromatic heterocycles. The van der Waals surface area contributed by atoms with Crippen LogP contribution < -0.4 is 14.2 Å². The Morgan fingerprint density at radius 1 is 0.971 bits per heavy atom. The first-order chi connectivity index (χ1) is 16.9. The molecule has 0 bridgehead atoms. The molecule has 0 aliphatic carbocycles. The molecule has 1 aliphatic rings. The van der Waals surface area contributed by atoms with Crippen molar-refractivity contribution in [2.45, 2.75) is 20.8 Å². The Bertz CT molecular complexity index is 1100. The van der Waals surface area contributed by atoms with Crippen LogP contribution >= 0.6 is 24.0 Å². The molecule has 1 saturated heterocycles. The number of ether oxygens (including phenoxy) is 4. The number of hydrogen-bond acceptors (Lipinski definition) is 7. The Labute approximate surface area is 216 Å². The smallest absolute Gasteiger partial charge is 0.266 e. The second-order valence-corrected chi connectivity index (χ2v) is 9.45. The summed E-state index contributed by atoms with van der Waals surface area (Å²) in [5.74, 6) is 1.97. The molecule has 0 N–H and O–H groups in total. The third kappa shape index (κ3) is 7.59. The van der Waals surface area contributed by atoms with Crippen LogP contribution in [0.5, 0.6) is 17.2 Å². The second kappa shape index (κ2) is 13.3. The molecule has 35 heavy (non-hydrogen) atoms. The van der Waals surface area contributed by atoms with Crippen molar-refractivity contribution >= 4 is 40.3 Å². The predicted octanol–water partition coefficient (Wildman–Crippen LogP) is 5.56. The van der Waals surface area contributed by atoms with Crippen molar-refractivity contribution < 1.29 is 23.7 Å². The second-order valence-electron chi connectivity index (χ2n) is 7.78. The lowest BCUT2D eigenvalue weighted by molar-refractivity contribution is -0.121. The number of carbonyl (C=O) groups is 1. The van der Waals surface area contributed by atoms with Crippen molar-refractivity contribution in [2.24, 2.45) is 0 Å². The Kier molecular flexibility index (Phi) is 10.2. The minimum Gasteiger partial charge on any atom is -0.491 e. The number of thioether (sulfide) groups is 1. The SMILES string of the molecule is C=CCN1C(=O)C(=Cc2ccc(OCCOCCOc3ccc(C)c(C)c3)c(OCC)c2)SC1=S. The molecule has 0 spiro atoms. The van der Waals surface area contributed by atoms with Crippen LogP contribution in [0.3, 0.4) is 0 Å². The van der Waals surface area contributed by atoms with Crippen molar-refractivity contribution in [1.29, 1.82) is 0 Å². The number of aryl methyl sites for hydroxylation is 2. The molecular formula is C27H31NO5S2. The molecule has 3 rings (SSSR count). The number of hydrogen-bond donors (Lipinski definition) is 0. The van der Waals surface area contributed by atoms with E-state index in [2.05, 4.69) is 20.4 Å². The molecule has 6 nitrogen and oxygen atoms in total. The van der Waals surface area contributed by atoms with Crippen molar-refractivity contribution in [1.82, 2.24) is 4.90 Å². The molecule has 0 unspecified atom stereocenters. The maximum Gasteiger partial charge on any atom is 0.266 e. The monoisotopic (exact) mass is 513 g/mol. The molecule has 186 valence electrons. The van der Waals surface area contributed by atoms with Crippen LogP contribution in [-0.4, -0.2) is 54.7 Å². The largest absolute Gasteiger partial charge is 0.491 e. The first-order valence-corrected chi connectivity index (χ1v) is 12.7. The first kappa shape index (κ1) is 26.8. The fraction of sp³-hybridized carbons (Fsp3) is 0.333. The summed E-state index contributed by atoms with van der Waals surface area (Å²) in [4.78, 5) is 14.7. The van der Waals surface area contributed by atoms with Gasteiger partial charge < -0.3 is 18.9 Å². The average molecular weight is 514 g/mol. The van der Waals surface area contributed by atoms with Gasteiger partial charge in [-0.1, -0.05) is 42.2 Å². The maximum absolute atomic E-state index is 12.6. The molecule has 0 radical (unpaired) electrons. The van der Waals surface area contributed by atoms with Crippen molar-refractivity contribution in [3.8, 4) is 17.2 Å². The highest BCUT2D eigenvalue weighted by atomic mass is 32.2. The highest BCUT2D eigenvalue weighted by Crippen LogP contribution is 2.34. The van der Waals surface area contributed by atoms with Crippen LogP contribution in [0.2, 0.25) is 0 Å². The van der Waals surface area contributed by atoms with Crippen molar-refractivity contribution in [3.05, 3.63) is 70.6 Å². The molecule has 2 aromatic carbocycles. The molecule has 2 aromatic rings. The van der Waals surface area contributed by atoms with Crippen LogP contribution in [0.15, 0.2) is 54.0 Å². The van der Waals surface area contributed by atoms with E-state index >= 15 is 0 Å². The average Bonchev–Trinajstić information content (AvgIpc) is 3.09. The van der Waals surface area contributed by atoms with Crippen LogP contribution in [0.4, 0.5) is 0 Å². The van der Waals surface area contributed by atoms with Crippen LogP contribution in [0, 0.1) is 13.8 Å². The molecule has 8 heteroatoms. The van der Waals surface area contributed by atoms with E-state index in [4.69, 9.17) is 31.2 Å².